The van der Waals surface area contributed by atoms with Crippen molar-refractivity contribution in [2.24, 2.45) is 5.92 Å². The van der Waals surface area contributed by atoms with E-state index in [-0.39, 0.29) is 23.2 Å². The summed E-state index contributed by atoms with van der Waals surface area (Å²) in [7, 11) is 0. The zero-order chi connectivity index (χ0) is 18.4. The first-order valence-electron chi connectivity index (χ1n) is 8.84. The Balaban J connectivity index is 1.61. The van der Waals surface area contributed by atoms with E-state index < -0.39 is 0 Å². The first-order valence-corrected chi connectivity index (χ1v) is 9.72. The van der Waals surface area contributed by atoms with Crippen LogP contribution in [-0.4, -0.2) is 49.1 Å². The smallest absolute Gasteiger partial charge is 0.234 e. The van der Waals surface area contributed by atoms with Gasteiger partial charge < -0.3 is 10.1 Å². The number of nitrogens with zero attached hydrogens (tertiary/aromatic N) is 5. The van der Waals surface area contributed by atoms with Crippen molar-refractivity contribution in [3.8, 4) is 0 Å². The third-order valence-electron chi connectivity index (χ3n) is 4.19. The molecule has 0 radical (unpaired) electrons. The highest BCUT2D eigenvalue weighted by molar-refractivity contribution is 8.00. The predicted molar refractivity (Wildman–Crippen MR) is 97.4 cm³/mol. The molecule has 2 aromatic heterocycles. The predicted octanol–water partition coefficient (Wildman–Crippen LogP) is 1.68. The Labute approximate surface area is 157 Å². The first kappa shape index (κ1) is 18.8. The molecule has 3 heterocycles. The fraction of sp³-hybridized carbons (Fsp3) is 0.588. The van der Waals surface area contributed by atoms with Crippen LogP contribution in [0, 0.1) is 5.92 Å². The minimum atomic E-state index is -0.277. The van der Waals surface area contributed by atoms with Crippen molar-refractivity contribution < 1.29 is 9.53 Å². The topological polar surface area (TPSA) is 94.8 Å². The van der Waals surface area contributed by atoms with Crippen LogP contribution in [0.4, 0.5) is 0 Å². The van der Waals surface area contributed by atoms with Crippen LogP contribution in [0.3, 0.4) is 0 Å². The van der Waals surface area contributed by atoms with Gasteiger partial charge in [-0.3, -0.25) is 9.78 Å². The minimum Gasteiger partial charge on any atom is -0.376 e. The number of ether oxygens (including phenoxy) is 1. The number of hydrogen-bond donors (Lipinski definition) is 1. The third-order valence-corrected chi connectivity index (χ3v) is 5.70. The fourth-order valence-corrected chi connectivity index (χ4v) is 3.78. The molecule has 0 aromatic carbocycles. The van der Waals surface area contributed by atoms with Gasteiger partial charge in [0, 0.05) is 25.5 Å². The van der Waals surface area contributed by atoms with Gasteiger partial charge in [-0.1, -0.05) is 31.7 Å². The lowest BCUT2D eigenvalue weighted by atomic mass is 10.1. The highest BCUT2D eigenvalue weighted by atomic mass is 32.2. The van der Waals surface area contributed by atoms with Crippen LogP contribution < -0.4 is 5.32 Å². The van der Waals surface area contributed by atoms with Gasteiger partial charge in [-0.25, -0.2) is 4.68 Å². The van der Waals surface area contributed by atoms with Gasteiger partial charge in [-0.2, -0.15) is 0 Å². The summed E-state index contributed by atoms with van der Waals surface area (Å²) in [4.78, 5) is 16.8. The Morgan fingerprint density at radius 1 is 1.50 bits per heavy atom. The molecule has 0 spiro atoms. The van der Waals surface area contributed by atoms with Crippen molar-refractivity contribution in [3.63, 3.8) is 0 Å². The number of carbonyl (C=O) groups excluding carboxylic acids is 1. The summed E-state index contributed by atoms with van der Waals surface area (Å²) in [6, 6.07) is 3.79. The molecule has 9 heteroatoms. The summed E-state index contributed by atoms with van der Waals surface area (Å²) < 4.78 is 7.40. The Bertz CT molecular complexity index is 702. The van der Waals surface area contributed by atoms with E-state index in [2.05, 4.69) is 25.8 Å². The Hall–Kier alpha value is -2.00. The number of carbonyl (C=O) groups is 1. The number of aromatic nitrogens is 5. The molecule has 0 bridgehead atoms. The van der Waals surface area contributed by atoms with Crippen molar-refractivity contribution in [1.29, 1.82) is 0 Å². The lowest BCUT2D eigenvalue weighted by molar-refractivity contribution is -0.121. The van der Waals surface area contributed by atoms with E-state index in [1.165, 1.54) is 11.8 Å². The molecule has 1 N–H and O–H groups in total. The highest BCUT2D eigenvalue weighted by Crippen LogP contribution is 2.27. The summed E-state index contributed by atoms with van der Waals surface area (Å²) in [5.74, 6) is 0.113. The lowest BCUT2D eigenvalue weighted by Gasteiger charge is -2.19. The van der Waals surface area contributed by atoms with E-state index in [0.717, 1.165) is 25.0 Å². The van der Waals surface area contributed by atoms with Crippen molar-refractivity contribution in [3.05, 3.63) is 30.1 Å². The molecule has 2 aromatic rings. The van der Waals surface area contributed by atoms with Gasteiger partial charge in [0.1, 0.15) is 0 Å². The molecule has 140 valence electrons. The second kappa shape index (κ2) is 9.09. The maximum atomic E-state index is 12.7. The molecule has 1 aliphatic rings. The second-order valence-electron chi connectivity index (χ2n) is 6.64. The zero-order valence-corrected chi connectivity index (χ0v) is 15.9. The zero-order valence-electron chi connectivity index (χ0n) is 15.0. The molecule has 1 fully saturated rings. The first-order chi connectivity index (χ1) is 12.6. The highest BCUT2D eigenvalue weighted by Gasteiger charge is 2.27. The number of rotatable bonds is 8. The molecule has 1 amide bonds. The van der Waals surface area contributed by atoms with E-state index in [9.17, 15) is 4.79 Å². The van der Waals surface area contributed by atoms with E-state index in [0.29, 0.717) is 18.2 Å². The summed E-state index contributed by atoms with van der Waals surface area (Å²) in [6.45, 7) is 5.92. The minimum absolute atomic E-state index is 0.0273. The standard InChI is InChI=1S/C17H24N6O2S/c1-12(2)15(16(24)19-10-13-5-3-7-18-9-13)26-17-20-21-22-23(17)11-14-6-4-8-25-14/h3,5,7,9,12,14-15H,4,6,8,10-11H2,1-2H3,(H,19,24)/t14-,15-/m0/s1. The number of amides is 1. The van der Waals surface area contributed by atoms with E-state index in [4.69, 9.17) is 4.74 Å². The van der Waals surface area contributed by atoms with Crippen LogP contribution in [-0.2, 0) is 22.6 Å². The number of pyridine rings is 1. The maximum absolute atomic E-state index is 12.7. The molecule has 26 heavy (non-hydrogen) atoms. The van der Waals surface area contributed by atoms with E-state index >= 15 is 0 Å². The van der Waals surface area contributed by atoms with Gasteiger partial charge in [0.05, 0.1) is 17.9 Å². The van der Waals surface area contributed by atoms with Gasteiger partial charge in [0.25, 0.3) is 0 Å². The van der Waals surface area contributed by atoms with Crippen LogP contribution in [0.25, 0.3) is 0 Å². The SMILES string of the molecule is CC(C)[C@H](Sc1nnnn1C[C@@H]1CCCO1)C(=O)NCc1cccnc1. The average Bonchev–Trinajstić information content (AvgIpc) is 3.31. The summed E-state index contributed by atoms with van der Waals surface area (Å²) in [5.41, 5.74) is 0.969. The molecule has 1 saturated heterocycles. The quantitative estimate of drug-likeness (QED) is 0.700. The molecule has 3 rings (SSSR count). The third kappa shape index (κ3) is 5.01. The lowest BCUT2D eigenvalue weighted by Crippen LogP contribution is -2.35. The van der Waals surface area contributed by atoms with Crippen LogP contribution in [0.2, 0.25) is 0 Å². The summed E-state index contributed by atoms with van der Waals surface area (Å²) in [5, 5.41) is 15.3. The Morgan fingerprint density at radius 2 is 2.38 bits per heavy atom. The molecule has 8 nitrogen and oxygen atoms in total. The van der Waals surface area contributed by atoms with Crippen LogP contribution in [0.15, 0.2) is 29.7 Å². The van der Waals surface area contributed by atoms with Crippen molar-refractivity contribution in [2.45, 2.75) is 56.3 Å². The van der Waals surface area contributed by atoms with Gasteiger partial charge >= 0.3 is 0 Å². The van der Waals surface area contributed by atoms with Gasteiger partial charge in [-0.15, -0.1) is 5.10 Å². The molecule has 0 saturated carbocycles. The summed E-state index contributed by atoms with van der Waals surface area (Å²) in [6.07, 6.45) is 5.70. The van der Waals surface area contributed by atoms with Crippen molar-refractivity contribution >= 4 is 17.7 Å². The normalized spacial score (nSPS) is 18.2. The van der Waals surface area contributed by atoms with Crippen LogP contribution in [0.1, 0.15) is 32.3 Å². The monoisotopic (exact) mass is 376 g/mol. The van der Waals surface area contributed by atoms with Gasteiger partial charge in [0.15, 0.2) is 0 Å². The number of tetrazole rings is 1. The average molecular weight is 376 g/mol. The molecular weight excluding hydrogens is 352 g/mol. The van der Waals surface area contributed by atoms with Crippen molar-refractivity contribution in [2.75, 3.05) is 6.61 Å². The van der Waals surface area contributed by atoms with E-state index in [1.54, 1.807) is 17.1 Å². The van der Waals surface area contributed by atoms with Gasteiger partial charge in [0.2, 0.25) is 11.1 Å². The largest absolute Gasteiger partial charge is 0.376 e. The van der Waals surface area contributed by atoms with Gasteiger partial charge in [-0.05, 0) is 40.8 Å². The molecule has 2 atom stereocenters. The maximum Gasteiger partial charge on any atom is 0.234 e. The van der Waals surface area contributed by atoms with Crippen LogP contribution in [0.5, 0.6) is 0 Å². The number of hydrogen-bond acceptors (Lipinski definition) is 7. The molecule has 0 aliphatic carbocycles. The molecule has 0 unspecified atom stereocenters. The van der Waals surface area contributed by atoms with E-state index in [1.807, 2.05) is 26.0 Å². The molecule has 1 aliphatic heterocycles. The number of thioether (sulfide) groups is 1. The molecular formula is C17H24N6O2S. The van der Waals surface area contributed by atoms with Crippen molar-refractivity contribution in [1.82, 2.24) is 30.5 Å². The number of nitrogens with one attached hydrogen (secondary N) is 1. The Morgan fingerprint density at radius 3 is 3.08 bits per heavy atom. The Kier molecular flexibility index (Phi) is 6.56. The second-order valence-corrected chi connectivity index (χ2v) is 7.75. The fourth-order valence-electron chi connectivity index (χ4n) is 2.78. The van der Waals surface area contributed by atoms with Crippen LogP contribution >= 0.6 is 11.8 Å². The summed E-state index contributed by atoms with van der Waals surface area (Å²) >= 11 is 1.40.